The van der Waals surface area contributed by atoms with E-state index in [4.69, 9.17) is 26.2 Å². The van der Waals surface area contributed by atoms with Crippen molar-refractivity contribution >= 4 is 35.7 Å². The van der Waals surface area contributed by atoms with Crippen molar-refractivity contribution in [3.63, 3.8) is 0 Å². The molecule has 242 valence electrons. The Bertz CT molecular complexity index is 1240. The predicted octanol–water partition coefficient (Wildman–Crippen LogP) is 1.50. The highest BCUT2D eigenvalue weighted by atomic mass is 19.2. The minimum Gasteiger partial charge on any atom is -0.478 e. The van der Waals surface area contributed by atoms with Crippen LogP contribution >= 0.6 is 0 Å². The lowest BCUT2D eigenvalue weighted by Gasteiger charge is -2.26. The van der Waals surface area contributed by atoms with Crippen LogP contribution in [0.5, 0.6) is 0 Å². The van der Waals surface area contributed by atoms with Crippen LogP contribution in [0.25, 0.3) is 0 Å². The molecule has 0 aromatic heterocycles. The number of hydrogen-bond acceptors (Lipinski definition) is 7. The number of carbonyl (C=O) groups is 6. The molecular formula is C28H34F3N3O10. The smallest absolute Gasteiger partial charge is 0.328 e. The molecule has 2 saturated heterocycles. The van der Waals surface area contributed by atoms with E-state index < -0.39 is 47.4 Å². The van der Waals surface area contributed by atoms with Crippen LogP contribution in [-0.4, -0.2) is 97.6 Å². The van der Waals surface area contributed by atoms with Gasteiger partial charge in [0.05, 0.1) is 6.04 Å². The predicted molar refractivity (Wildman–Crippen MR) is 146 cm³/mol. The summed E-state index contributed by atoms with van der Waals surface area (Å²) in [4.78, 5) is 66.7. The van der Waals surface area contributed by atoms with E-state index in [2.05, 4.69) is 0 Å². The summed E-state index contributed by atoms with van der Waals surface area (Å²) >= 11 is 0. The number of rotatable bonds is 9. The molecule has 3 atom stereocenters. The number of carbonyl (C=O) groups excluding carboxylic acids is 2. The lowest BCUT2D eigenvalue weighted by atomic mass is 10.0. The molecule has 2 fully saturated rings. The molecule has 2 heterocycles. The van der Waals surface area contributed by atoms with Crippen LogP contribution in [-0.2, 0) is 35.2 Å². The average molecular weight is 630 g/mol. The zero-order valence-corrected chi connectivity index (χ0v) is 23.9. The zero-order valence-electron chi connectivity index (χ0n) is 23.9. The number of fused-ring (bicyclic) bond motifs is 1. The Morgan fingerprint density at radius 1 is 0.841 bits per heavy atom. The molecule has 3 rings (SSSR count). The fourth-order valence-electron chi connectivity index (χ4n) is 4.52. The van der Waals surface area contributed by atoms with Crippen molar-refractivity contribution in [1.82, 2.24) is 9.80 Å². The first-order chi connectivity index (χ1) is 20.4. The quantitative estimate of drug-likeness (QED) is 0.195. The molecule has 16 heteroatoms. The van der Waals surface area contributed by atoms with E-state index in [1.165, 1.54) is 0 Å². The number of likely N-dealkylation sites (tertiary alicyclic amines) is 2. The Labute approximate surface area is 250 Å². The van der Waals surface area contributed by atoms with Gasteiger partial charge in [0.2, 0.25) is 11.8 Å². The monoisotopic (exact) mass is 629 g/mol. The lowest BCUT2D eigenvalue weighted by molar-refractivity contribution is -0.136. The molecule has 0 aliphatic carbocycles. The molecule has 0 bridgehead atoms. The van der Waals surface area contributed by atoms with Gasteiger partial charge in [0.1, 0.15) is 5.82 Å². The van der Waals surface area contributed by atoms with Crippen LogP contribution < -0.4 is 5.73 Å². The summed E-state index contributed by atoms with van der Waals surface area (Å²) in [7, 11) is 0. The first kappa shape index (κ1) is 37.3. The number of halogens is 3. The fourth-order valence-corrected chi connectivity index (χ4v) is 4.52. The van der Waals surface area contributed by atoms with Crippen LogP contribution in [0.4, 0.5) is 13.2 Å². The van der Waals surface area contributed by atoms with Crippen LogP contribution in [0, 0.1) is 29.3 Å². The first-order valence-corrected chi connectivity index (χ1v) is 13.2. The third-order valence-corrected chi connectivity index (χ3v) is 6.42. The van der Waals surface area contributed by atoms with E-state index >= 15 is 0 Å². The zero-order chi connectivity index (χ0) is 33.7. The van der Waals surface area contributed by atoms with Gasteiger partial charge in [-0.25, -0.2) is 32.3 Å². The number of hydrogen-bond donors (Lipinski definition) is 5. The third kappa shape index (κ3) is 12.6. The van der Waals surface area contributed by atoms with Gasteiger partial charge >= 0.3 is 23.9 Å². The molecule has 0 spiro atoms. The van der Waals surface area contributed by atoms with Gasteiger partial charge in [-0.2, -0.15) is 0 Å². The number of benzene rings is 1. The van der Waals surface area contributed by atoms with Gasteiger partial charge in [0.15, 0.2) is 11.6 Å². The Morgan fingerprint density at radius 3 is 1.77 bits per heavy atom. The van der Waals surface area contributed by atoms with Gasteiger partial charge < -0.3 is 36.0 Å². The highest BCUT2D eigenvalue weighted by molar-refractivity contribution is 5.90. The van der Waals surface area contributed by atoms with Crippen molar-refractivity contribution < 1.29 is 62.4 Å². The van der Waals surface area contributed by atoms with Crippen LogP contribution in [0.15, 0.2) is 36.4 Å². The van der Waals surface area contributed by atoms with Gasteiger partial charge in [0, 0.05) is 74.3 Å². The molecule has 1 aromatic rings. The van der Waals surface area contributed by atoms with Crippen molar-refractivity contribution in [2.45, 2.75) is 45.2 Å². The summed E-state index contributed by atoms with van der Waals surface area (Å²) < 4.78 is 40.2. The SMILES string of the molecule is CC(C)C(=O)N1C[C@@H]2CCN(C(=O)C[C@H](N)Cc3cc(F)c(F)cc3F)[C@@H]2C1.O=C(O)/C=C/C(=O)O.O=C(O)/C=C/C(=O)O. The molecule has 6 N–H and O–H groups in total. The number of carboxylic acids is 4. The average Bonchev–Trinajstić information content (AvgIpc) is 3.51. The minimum atomic E-state index is -1.26. The summed E-state index contributed by atoms with van der Waals surface area (Å²) in [5.41, 5.74) is 5.94. The van der Waals surface area contributed by atoms with Crippen molar-refractivity contribution in [2.75, 3.05) is 19.6 Å². The standard InChI is InChI=1S/C20H26F3N3O2.2C4H4O4/c1-11(2)20(28)25-9-12-3-4-26(18(12)10-25)19(27)7-14(24)5-13-6-16(22)17(23)8-15(13)21;2*5-3(6)1-2-4(7)8/h6,8,11-12,14,18H,3-5,7,9-10,24H2,1-2H3;2*1-2H,(H,5,6)(H,7,8)/b;2*2-1+/t12-,14+,18+;;/m0../s1. The normalized spacial score (nSPS) is 17.9. The van der Waals surface area contributed by atoms with Gasteiger partial charge in [0.25, 0.3) is 0 Å². The summed E-state index contributed by atoms with van der Waals surface area (Å²) in [6, 6.07) is 0.555. The molecule has 2 aliphatic rings. The first-order valence-electron chi connectivity index (χ1n) is 13.2. The molecule has 13 nitrogen and oxygen atoms in total. The van der Waals surface area contributed by atoms with E-state index in [-0.39, 0.29) is 48.1 Å². The molecular weight excluding hydrogens is 595 g/mol. The summed E-state index contributed by atoms with van der Waals surface area (Å²) in [6.45, 7) is 5.52. The van der Waals surface area contributed by atoms with Gasteiger partial charge in [-0.15, -0.1) is 0 Å². The van der Waals surface area contributed by atoms with Gasteiger partial charge in [-0.1, -0.05) is 13.8 Å². The number of nitrogens with two attached hydrogens (primary N) is 1. The second-order valence-corrected chi connectivity index (χ2v) is 10.1. The molecule has 2 amide bonds. The number of amides is 2. The Kier molecular flexibility index (Phi) is 14.8. The van der Waals surface area contributed by atoms with E-state index in [1.54, 1.807) is 4.90 Å². The highest BCUT2D eigenvalue weighted by Crippen LogP contribution is 2.32. The maximum absolute atomic E-state index is 13.8. The van der Waals surface area contributed by atoms with Crippen LogP contribution in [0.3, 0.4) is 0 Å². The van der Waals surface area contributed by atoms with Crippen molar-refractivity contribution in [3.8, 4) is 0 Å². The molecule has 0 saturated carbocycles. The number of carboxylic acid groups (broad SMARTS) is 4. The summed E-state index contributed by atoms with van der Waals surface area (Å²) in [5, 5.41) is 31.2. The lowest BCUT2D eigenvalue weighted by Crippen LogP contribution is -2.43. The molecule has 0 unspecified atom stereocenters. The van der Waals surface area contributed by atoms with Gasteiger partial charge in [-0.3, -0.25) is 9.59 Å². The van der Waals surface area contributed by atoms with Crippen molar-refractivity contribution in [3.05, 3.63) is 59.5 Å². The Morgan fingerprint density at radius 2 is 1.32 bits per heavy atom. The van der Waals surface area contributed by atoms with E-state index in [9.17, 15) is 41.9 Å². The van der Waals surface area contributed by atoms with Crippen LogP contribution in [0.2, 0.25) is 0 Å². The molecule has 0 radical (unpaired) electrons. The molecule has 2 aliphatic heterocycles. The summed E-state index contributed by atoms with van der Waals surface area (Å²) in [6.07, 6.45) is 3.00. The van der Waals surface area contributed by atoms with E-state index in [0.717, 1.165) is 12.5 Å². The topological polar surface area (TPSA) is 216 Å². The maximum atomic E-state index is 13.8. The summed E-state index contributed by atoms with van der Waals surface area (Å²) in [5.74, 6) is -8.17. The van der Waals surface area contributed by atoms with E-state index in [1.807, 2.05) is 18.7 Å². The number of aliphatic carboxylic acids is 4. The largest absolute Gasteiger partial charge is 0.478 e. The third-order valence-electron chi connectivity index (χ3n) is 6.42. The molecule has 44 heavy (non-hydrogen) atoms. The van der Waals surface area contributed by atoms with Gasteiger partial charge in [-0.05, 0) is 24.5 Å². The Balaban J connectivity index is 0.000000498. The molecule has 1 aromatic carbocycles. The minimum absolute atomic E-state index is 0.0117. The van der Waals surface area contributed by atoms with E-state index in [0.29, 0.717) is 50.0 Å². The van der Waals surface area contributed by atoms with Crippen molar-refractivity contribution in [2.24, 2.45) is 17.6 Å². The highest BCUT2D eigenvalue weighted by Gasteiger charge is 2.44. The fraction of sp³-hybridized carbons (Fsp3) is 0.429. The number of nitrogens with zero attached hydrogens (tertiary/aromatic N) is 2. The Hall–Kier alpha value is -4.73. The second-order valence-electron chi connectivity index (χ2n) is 10.1. The van der Waals surface area contributed by atoms with Crippen molar-refractivity contribution in [1.29, 1.82) is 0 Å². The second kappa shape index (κ2) is 17.4. The van der Waals surface area contributed by atoms with Crippen LogP contribution in [0.1, 0.15) is 32.3 Å². The maximum Gasteiger partial charge on any atom is 0.328 e.